The molecule has 10 saturated heterocycles. The molecule has 0 atom stereocenters. The third-order valence-corrected chi connectivity index (χ3v) is 93.8. The molecule has 0 saturated carbocycles. The molecule has 10 heterocycles. The summed E-state index contributed by atoms with van der Waals surface area (Å²) in [7, 11) is -3.35. The Morgan fingerprint density at radius 2 is 0.688 bits per heavy atom. The summed E-state index contributed by atoms with van der Waals surface area (Å²) in [6.45, 7) is 14.3. The fraction of sp³-hybridized carbons (Fsp3) is 1.00. The Balaban J connectivity index is 2.02. The van der Waals surface area contributed by atoms with Crippen molar-refractivity contribution in [2.45, 2.75) is 77.2 Å². The summed E-state index contributed by atoms with van der Waals surface area (Å²) in [5, 5.41) is 0. The van der Waals surface area contributed by atoms with E-state index in [1.165, 1.54) is 22.6 Å². The van der Waals surface area contributed by atoms with Gasteiger partial charge in [-0.1, -0.05) is 0 Å². The van der Waals surface area contributed by atoms with Gasteiger partial charge in [-0.15, -0.1) is 0 Å². The van der Waals surface area contributed by atoms with Gasteiger partial charge in [-0.25, -0.2) is 0 Å². The van der Waals surface area contributed by atoms with Crippen LogP contribution in [0.1, 0.15) is 34.6 Å². The Kier molecular flexibility index (Phi) is 0.157. The van der Waals surface area contributed by atoms with Gasteiger partial charge < -0.3 is 0 Å². The van der Waals surface area contributed by atoms with Crippen LogP contribution in [-0.2, 0) is 7.72 Å². The van der Waals surface area contributed by atoms with Crippen molar-refractivity contribution < 1.29 is 7.72 Å². The third kappa shape index (κ3) is 0.0371. The predicted octanol–water partition coefficient (Wildman–Crippen LogP) is 5.33. The normalized spacial score (nSPS) is 145. The van der Waals surface area contributed by atoms with Gasteiger partial charge in [-0.05, 0) is 0 Å². The molecule has 0 aromatic heterocycles. The Labute approximate surface area is 84.9 Å². The van der Waals surface area contributed by atoms with E-state index in [4.69, 9.17) is 0 Å². The Bertz CT molecular complexity index is 857. The maximum atomic E-state index is 2.85. The van der Waals surface area contributed by atoms with Gasteiger partial charge in [0.2, 0.25) is 0 Å². The van der Waals surface area contributed by atoms with Crippen LogP contribution in [0.4, 0.5) is 0 Å². The van der Waals surface area contributed by atoms with Gasteiger partial charge in [0, 0.05) is 0 Å². The molecular formula is C15H20Rh. The number of hydrogen-bond acceptors (Lipinski definition) is 0. The van der Waals surface area contributed by atoms with Gasteiger partial charge in [0.1, 0.15) is 0 Å². The first-order chi connectivity index (χ1) is 7.12. The molecule has 1 spiro atoms. The average molecular weight is 303 g/mol. The molecule has 10 aliphatic heterocycles. The van der Waals surface area contributed by atoms with E-state index in [2.05, 4.69) is 34.6 Å². The van der Waals surface area contributed by atoms with Crippen molar-refractivity contribution in [2.24, 2.45) is 0 Å². The molecule has 10 fully saturated rings. The summed E-state index contributed by atoms with van der Waals surface area (Å²) in [4.78, 5) is 0. The van der Waals surface area contributed by atoms with Crippen molar-refractivity contribution >= 4 is 0 Å². The van der Waals surface area contributed by atoms with Crippen molar-refractivity contribution in [1.82, 2.24) is 0 Å². The standard InChI is InChI=1S/C10H15.C5H5.Rh/c1-6-7(2)9(4)10(5)8(6)3;1-2-4-5-3-1;/h1-5H3;1-5H;. The zero-order chi connectivity index (χ0) is 10.7. The van der Waals surface area contributed by atoms with E-state index in [1.807, 2.05) is 0 Å². The minimum atomic E-state index is -3.35. The molecule has 89 valence electrons. The van der Waals surface area contributed by atoms with Crippen molar-refractivity contribution in [1.29, 1.82) is 0 Å². The van der Waals surface area contributed by atoms with Crippen LogP contribution in [-0.4, -0.2) is 0 Å². The molecule has 0 bridgehead atoms. The fourth-order valence-corrected chi connectivity index (χ4v) is 163. The topological polar surface area (TPSA) is 0 Å². The Morgan fingerprint density at radius 3 is 0.688 bits per heavy atom. The average Bonchev–Trinajstić information content (AvgIpc) is 3.19. The van der Waals surface area contributed by atoms with E-state index >= 15 is 0 Å². The van der Waals surface area contributed by atoms with Crippen LogP contribution in [0.2, 0.25) is 42.6 Å². The van der Waals surface area contributed by atoms with Crippen LogP contribution < -0.4 is 0 Å². The molecule has 1 heteroatoms. The molecule has 0 unspecified atom stereocenters. The molecule has 0 aromatic carbocycles. The molecule has 0 amide bonds. The Morgan fingerprint density at radius 1 is 0.500 bits per heavy atom. The van der Waals surface area contributed by atoms with Crippen molar-refractivity contribution in [3.8, 4) is 0 Å². The van der Waals surface area contributed by atoms with Crippen LogP contribution >= 0.6 is 0 Å². The van der Waals surface area contributed by atoms with Crippen LogP contribution in [0.25, 0.3) is 0 Å². The SMILES string of the molecule is C[C]12[C]3(C)[C]4(C)[C]5(C)[C]1(C)[Rh]23451678[CH]2[CH]1[CH]6[CH]7[CH]28. The number of hydrogen-bond donors (Lipinski definition) is 0. The molecule has 0 aromatic rings. The maximum absolute atomic E-state index is 3.35. The number of fused-ring (bicyclic) bond motifs is 10. The van der Waals surface area contributed by atoms with Crippen molar-refractivity contribution in [3.63, 3.8) is 0 Å². The molecule has 0 N–H and O–H groups in total. The molecule has 0 nitrogen and oxygen atoms in total. The van der Waals surface area contributed by atoms with E-state index in [-0.39, 0.29) is 0 Å². The zero-order valence-electron chi connectivity index (χ0n) is 10.7. The van der Waals surface area contributed by atoms with E-state index in [0.717, 1.165) is 20.0 Å². The Hall–Kier alpha value is 0.623. The van der Waals surface area contributed by atoms with Gasteiger partial charge in [0.25, 0.3) is 0 Å². The van der Waals surface area contributed by atoms with Crippen molar-refractivity contribution in [3.05, 3.63) is 0 Å². The predicted molar refractivity (Wildman–Crippen MR) is 60.6 cm³/mol. The first kappa shape index (κ1) is 6.18. The second-order valence-corrected chi connectivity index (χ2v) is 46.3. The third-order valence-electron chi connectivity index (χ3n) is 18.7. The first-order valence-corrected chi connectivity index (χ1v) is 16.0. The van der Waals surface area contributed by atoms with Crippen LogP contribution in [0, 0.1) is 0 Å². The summed E-state index contributed by atoms with van der Waals surface area (Å²) in [6, 6.07) is 0. The van der Waals surface area contributed by atoms with Gasteiger partial charge in [0.15, 0.2) is 0 Å². The van der Waals surface area contributed by atoms with Gasteiger partial charge in [-0.2, -0.15) is 0 Å². The van der Waals surface area contributed by atoms with Crippen LogP contribution in [0.3, 0.4) is 0 Å². The second-order valence-electron chi connectivity index (χ2n) is 11.2. The summed E-state index contributed by atoms with van der Waals surface area (Å²) in [5.74, 6) is 0. The number of rotatable bonds is 0. The van der Waals surface area contributed by atoms with E-state index in [9.17, 15) is 0 Å². The first-order valence-electron chi connectivity index (χ1n) is 7.21. The quantitative estimate of drug-likeness (QED) is 0.531. The fourth-order valence-electron chi connectivity index (χ4n) is 22.1. The second kappa shape index (κ2) is 0.407. The zero-order valence-corrected chi connectivity index (χ0v) is 12.4. The molecule has 10 rings (SSSR count). The van der Waals surface area contributed by atoms with Gasteiger partial charge in [-0.3, -0.25) is 0 Å². The molecule has 0 aliphatic carbocycles. The van der Waals surface area contributed by atoms with Crippen LogP contribution in [0.15, 0.2) is 0 Å². The van der Waals surface area contributed by atoms with Gasteiger partial charge in [0.05, 0.1) is 0 Å². The minimum absolute atomic E-state index is 1.01. The molecular weight excluding hydrogens is 283 g/mol. The van der Waals surface area contributed by atoms with E-state index in [1.54, 1.807) is 0 Å². The molecule has 16 heavy (non-hydrogen) atoms. The van der Waals surface area contributed by atoms with Crippen molar-refractivity contribution in [2.75, 3.05) is 0 Å². The monoisotopic (exact) mass is 303 g/mol. The summed E-state index contributed by atoms with van der Waals surface area (Å²) in [5.41, 5.74) is 0. The van der Waals surface area contributed by atoms with E-state index < -0.39 is 7.72 Å². The van der Waals surface area contributed by atoms with E-state index in [0.29, 0.717) is 0 Å². The summed E-state index contributed by atoms with van der Waals surface area (Å²) < 4.78 is 12.3. The molecule has 0 radical (unpaired) electrons. The summed E-state index contributed by atoms with van der Waals surface area (Å²) in [6.07, 6.45) is 0. The van der Waals surface area contributed by atoms with Gasteiger partial charge >= 0.3 is 84.9 Å². The van der Waals surface area contributed by atoms with Crippen LogP contribution in [0.5, 0.6) is 0 Å². The summed E-state index contributed by atoms with van der Waals surface area (Å²) >= 11 is 0. The molecule has 10 aliphatic rings.